The maximum atomic E-state index is 12.5. The summed E-state index contributed by atoms with van der Waals surface area (Å²) in [6.07, 6.45) is -3.63. The summed E-state index contributed by atoms with van der Waals surface area (Å²) in [6, 6.07) is 4.60. The average Bonchev–Trinajstić information content (AvgIpc) is 2.72. The molecule has 0 bridgehead atoms. The molecule has 4 nitrogen and oxygen atoms in total. The van der Waals surface area contributed by atoms with E-state index in [1.54, 1.807) is 11.7 Å². The van der Waals surface area contributed by atoms with Gasteiger partial charge in [-0.15, -0.1) is 0 Å². The Hall–Kier alpha value is -2.31. The summed E-state index contributed by atoms with van der Waals surface area (Å²) >= 11 is 0. The molecule has 124 valence electrons. The highest BCUT2D eigenvalue weighted by Crippen LogP contribution is 2.29. The lowest BCUT2D eigenvalue weighted by Crippen LogP contribution is -2.17. The molecule has 0 spiro atoms. The third-order valence-corrected chi connectivity index (χ3v) is 3.60. The Kier molecular flexibility index (Phi) is 4.77. The zero-order valence-corrected chi connectivity index (χ0v) is 13.2. The minimum Gasteiger partial charge on any atom is -0.310 e. The number of carbonyl (C=O) groups is 1. The number of rotatable bonds is 4. The predicted molar refractivity (Wildman–Crippen MR) is 81.1 cm³/mol. The number of carbonyl (C=O) groups excluding carboxylic acids is 1. The fourth-order valence-electron chi connectivity index (χ4n) is 2.45. The van der Waals surface area contributed by atoms with Gasteiger partial charge in [0.25, 0.3) is 0 Å². The average molecular weight is 325 g/mol. The summed E-state index contributed by atoms with van der Waals surface area (Å²) in [5.41, 5.74) is 1.60. The molecular weight excluding hydrogens is 307 g/mol. The lowest BCUT2D eigenvalue weighted by molar-refractivity contribution is -0.137. The van der Waals surface area contributed by atoms with Crippen LogP contribution in [-0.4, -0.2) is 15.7 Å². The van der Waals surface area contributed by atoms with Crippen molar-refractivity contribution in [3.8, 4) is 0 Å². The number of anilines is 1. The van der Waals surface area contributed by atoms with E-state index in [1.165, 1.54) is 12.1 Å². The Bertz CT molecular complexity index is 703. The van der Waals surface area contributed by atoms with Gasteiger partial charge in [-0.1, -0.05) is 19.1 Å². The van der Waals surface area contributed by atoms with Crippen LogP contribution >= 0.6 is 0 Å². The van der Waals surface area contributed by atoms with E-state index in [9.17, 15) is 18.0 Å². The molecule has 7 heteroatoms. The quantitative estimate of drug-likeness (QED) is 0.935. The molecule has 0 aliphatic rings. The maximum Gasteiger partial charge on any atom is 0.416 e. The third kappa shape index (κ3) is 3.91. The Morgan fingerprint density at radius 3 is 2.39 bits per heavy atom. The molecule has 0 saturated carbocycles. The number of alkyl halides is 3. The van der Waals surface area contributed by atoms with E-state index in [2.05, 4.69) is 10.4 Å². The molecule has 1 N–H and O–H groups in total. The van der Waals surface area contributed by atoms with Crippen molar-refractivity contribution in [1.82, 2.24) is 9.78 Å². The molecule has 0 saturated heterocycles. The zero-order chi connectivity index (χ0) is 17.2. The van der Waals surface area contributed by atoms with E-state index in [0.29, 0.717) is 11.4 Å². The molecule has 0 unspecified atom stereocenters. The molecule has 0 aliphatic carbocycles. The predicted octanol–water partition coefficient (Wildman–Crippen LogP) is 3.49. The number of nitrogens with zero attached hydrogens (tertiary/aromatic N) is 2. The first-order chi connectivity index (χ1) is 10.7. The van der Waals surface area contributed by atoms with Crippen molar-refractivity contribution < 1.29 is 18.0 Å². The largest absolute Gasteiger partial charge is 0.416 e. The molecule has 2 rings (SSSR count). The standard InChI is InChI=1S/C16H18F3N3O/c1-4-13-10(2)21-22(3)15(13)20-14(23)9-11-5-7-12(8-6-11)16(17,18)19/h5-8H,4,9H2,1-3H3,(H,20,23). The topological polar surface area (TPSA) is 46.9 Å². The number of amides is 1. The van der Waals surface area contributed by atoms with Gasteiger partial charge in [-0.3, -0.25) is 9.48 Å². The third-order valence-electron chi connectivity index (χ3n) is 3.60. The highest BCUT2D eigenvalue weighted by molar-refractivity contribution is 5.92. The molecule has 2 aromatic rings. The van der Waals surface area contributed by atoms with E-state index in [0.717, 1.165) is 29.8 Å². The van der Waals surface area contributed by atoms with Crippen molar-refractivity contribution >= 4 is 11.7 Å². The highest BCUT2D eigenvalue weighted by atomic mass is 19.4. The van der Waals surface area contributed by atoms with Gasteiger partial charge in [-0.2, -0.15) is 18.3 Å². The van der Waals surface area contributed by atoms with Gasteiger partial charge in [-0.25, -0.2) is 0 Å². The maximum absolute atomic E-state index is 12.5. The summed E-state index contributed by atoms with van der Waals surface area (Å²) in [7, 11) is 1.74. The summed E-state index contributed by atoms with van der Waals surface area (Å²) in [5, 5.41) is 7.04. The van der Waals surface area contributed by atoms with Crippen molar-refractivity contribution in [1.29, 1.82) is 0 Å². The van der Waals surface area contributed by atoms with E-state index in [-0.39, 0.29) is 12.3 Å². The van der Waals surface area contributed by atoms with Crippen LogP contribution in [0.15, 0.2) is 24.3 Å². The molecule has 0 fully saturated rings. The molecule has 0 radical (unpaired) electrons. The second kappa shape index (κ2) is 6.44. The number of halogens is 3. The van der Waals surface area contributed by atoms with Crippen molar-refractivity contribution in [2.45, 2.75) is 32.9 Å². The van der Waals surface area contributed by atoms with Crippen LogP contribution in [0.25, 0.3) is 0 Å². The zero-order valence-electron chi connectivity index (χ0n) is 13.2. The summed E-state index contributed by atoms with van der Waals surface area (Å²) in [4.78, 5) is 12.1. The normalized spacial score (nSPS) is 11.6. The van der Waals surface area contributed by atoms with Crippen molar-refractivity contribution in [3.63, 3.8) is 0 Å². The molecule has 0 aliphatic heterocycles. The number of benzene rings is 1. The van der Waals surface area contributed by atoms with Crippen LogP contribution in [0, 0.1) is 6.92 Å². The van der Waals surface area contributed by atoms with Gasteiger partial charge < -0.3 is 5.32 Å². The number of hydrogen-bond acceptors (Lipinski definition) is 2. The fraction of sp³-hybridized carbons (Fsp3) is 0.375. The van der Waals surface area contributed by atoms with Crippen LogP contribution in [0.5, 0.6) is 0 Å². The second-order valence-electron chi connectivity index (χ2n) is 5.31. The van der Waals surface area contributed by atoms with Gasteiger partial charge in [0.2, 0.25) is 5.91 Å². The minimum absolute atomic E-state index is 0.00548. The van der Waals surface area contributed by atoms with Gasteiger partial charge >= 0.3 is 6.18 Å². The van der Waals surface area contributed by atoms with Gasteiger partial charge in [0.15, 0.2) is 0 Å². The molecule has 1 aromatic carbocycles. The SMILES string of the molecule is CCc1c(C)nn(C)c1NC(=O)Cc1ccc(C(F)(F)F)cc1. The van der Waals surface area contributed by atoms with E-state index in [4.69, 9.17) is 0 Å². The van der Waals surface area contributed by atoms with Crippen molar-refractivity contribution in [2.24, 2.45) is 7.05 Å². The molecule has 1 heterocycles. The van der Waals surface area contributed by atoms with Crippen LogP contribution in [0.1, 0.15) is 29.3 Å². The van der Waals surface area contributed by atoms with Crippen LogP contribution < -0.4 is 5.32 Å². The van der Waals surface area contributed by atoms with Gasteiger partial charge in [0.1, 0.15) is 5.82 Å². The smallest absolute Gasteiger partial charge is 0.310 e. The van der Waals surface area contributed by atoms with Crippen LogP contribution in [0.2, 0.25) is 0 Å². The van der Waals surface area contributed by atoms with Gasteiger partial charge in [0, 0.05) is 12.6 Å². The molecule has 0 atom stereocenters. The van der Waals surface area contributed by atoms with Gasteiger partial charge in [-0.05, 0) is 31.0 Å². The van der Waals surface area contributed by atoms with E-state index >= 15 is 0 Å². The Morgan fingerprint density at radius 1 is 1.26 bits per heavy atom. The Labute approximate surface area is 132 Å². The highest BCUT2D eigenvalue weighted by Gasteiger charge is 2.30. The first-order valence-corrected chi connectivity index (χ1v) is 7.20. The van der Waals surface area contributed by atoms with Crippen LogP contribution in [0.4, 0.5) is 19.0 Å². The molecule has 23 heavy (non-hydrogen) atoms. The Morgan fingerprint density at radius 2 is 1.87 bits per heavy atom. The lowest BCUT2D eigenvalue weighted by Gasteiger charge is -2.09. The lowest BCUT2D eigenvalue weighted by atomic mass is 10.1. The molecule has 1 amide bonds. The Balaban J connectivity index is 2.08. The monoisotopic (exact) mass is 325 g/mol. The first kappa shape index (κ1) is 17.1. The number of aromatic nitrogens is 2. The van der Waals surface area contributed by atoms with E-state index < -0.39 is 11.7 Å². The van der Waals surface area contributed by atoms with Crippen LogP contribution in [-0.2, 0) is 30.9 Å². The van der Waals surface area contributed by atoms with E-state index in [1.807, 2.05) is 13.8 Å². The second-order valence-corrected chi connectivity index (χ2v) is 5.31. The van der Waals surface area contributed by atoms with Crippen LogP contribution in [0.3, 0.4) is 0 Å². The minimum atomic E-state index is -4.37. The molecule has 1 aromatic heterocycles. The number of nitrogens with one attached hydrogen (secondary N) is 1. The summed E-state index contributed by atoms with van der Waals surface area (Å²) in [6.45, 7) is 3.83. The summed E-state index contributed by atoms with van der Waals surface area (Å²) < 4.78 is 39.1. The number of hydrogen-bond donors (Lipinski definition) is 1. The van der Waals surface area contributed by atoms with Crippen molar-refractivity contribution in [2.75, 3.05) is 5.32 Å². The fourth-order valence-corrected chi connectivity index (χ4v) is 2.45. The molecular formula is C16H18F3N3O. The summed E-state index contributed by atoms with van der Waals surface area (Å²) in [5.74, 6) is 0.337. The van der Waals surface area contributed by atoms with Gasteiger partial charge in [0.05, 0.1) is 17.7 Å². The first-order valence-electron chi connectivity index (χ1n) is 7.20. The number of aryl methyl sites for hydroxylation is 2. The van der Waals surface area contributed by atoms with Crippen molar-refractivity contribution in [3.05, 3.63) is 46.6 Å².